The van der Waals surface area contributed by atoms with E-state index in [1.807, 2.05) is 0 Å². The highest BCUT2D eigenvalue weighted by Crippen LogP contribution is 2.41. The molecule has 13 heteroatoms. The lowest BCUT2D eigenvalue weighted by atomic mass is 10.2. The largest absolute Gasteiger partial charge is 0.493 e. The van der Waals surface area contributed by atoms with Crippen LogP contribution in [-0.4, -0.2) is 70.0 Å². The van der Waals surface area contributed by atoms with E-state index in [2.05, 4.69) is 30.2 Å². The van der Waals surface area contributed by atoms with Crippen molar-refractivity contribution in [1.82, 2.24) is 14.9 Å². The van der Waals surface area contributed by atoms with Gasteiger partial charge in [0.2, 0.25) is 21.7 Å². The second kappa shape index (κ2) is 12.1. The number of methoxy groups -OCH3 is 2. The number of aromatic nitrogens is 2. The van der Waals surface area contributed by atoms with Crippen LogP contribution in [0, 0.1) is 5.82 Å². The van der Waals surface area contributed by atoms with Gasteiger partial charge in [-0.05, 0) is 38.1 Å². The summed E-state index contributed by atoms with van der Waals surface area (Å²) in [5.74, 6) is 0.614. The summed E-state index contributed by atoms with van der Waals surface area (Å²) in [5.41, 5.74) is 1.10. The molecule has 0 unspecified atom stereocenters. The first-order chi connectivity index (χ1) is 18.3. The number of sulfonamides is 1. The molecule has 3 N–H and O–H groups in total. The van der Waals surface area contributed by atoms with Crippen LogP contribution in [-0.2, 0) is 10.0 Å². The molecule has 11 nitrogen and oxygen atoms in total. The minimum atomic E-state index is -3.54. The number of halogens is 1. The standard InChI is InChI=1S/C25H31FN6O5S/c1-35-21-14-17(15-22(36-2)23(21)37-13-12-32-10-6-7-11-32)28-25-27-16-18(26)24(30-25)29-19-8-4-5-9-20(19)31-38(3,33)34/h4-5,8-9,14-16,31H,6-7,10-13H2,1-3H3,(H2,27,28,29,30). The number of para-hydroxylation sites is 2. The smallest absolute Gasteiger partial charge is 0.229 e. The van der Waals surface area contributed by atoms with Crippen molar-refractivity contribution in [3.8, 4) is 17.2 Å². The van der Waals surface area contributed by atoms with E-state index in [-0.39, 0.29) is 17.5 Å². The summed E-state index contributed by atoms with van der Waals surface area (Å²) in [6.07, 6.45) is 4.46. The fourth-order valence-corrected chi connectivity index (χ4v) is 4.61. The maximum atomic E-state index is 14.6. The van der Waals surface area contributed by atoms with Gasteiger partial charge in [-0.1, -0.05) is 12.1 Å². The van der Waals surface area contributed by atoms with Gasteiger partial charge in [0.1, 0.15) is 6.61 Å². The minimum absolute atomic E-state index is 0.0919. The van der Waals surface area contributed by atoms with E-state index < -0.39 is 15.8 Å². The molecule has 1 aliphatic heterocycles. The van der Waals surface area contributed by atoms with Crippen LogP contribution in [0.2, 0.25) is 0 Å². The molecular weight excluding hydrogens is 515 g/mol. The first-order valence-electron chi connectivity index (χ1n) is 12.0. The van der Waals surface area contributed by atoms with Gasteiger partial charge in [0.25, 0.3) is 0 Å². The molecular formula is C25H31FN6O5S. The Kier molecular flexibility index (Phi) is 8.69. The number of nitrogens with one attached hydrogen (secondary N) is 3. The summed E-state index contributed by atoms with van der Waals surface area (Å²) < 4.78 is 57.4. The van der Waals surface area contributed by atoms with Gasteiger partial charge in [-0.2, -0.15) is 4.98 Å². The lowest BCUT2D eigenvalue weighted by Gasteiger charge is -2.19. The fraction of sp³-hybridized carbons (Fsp3) is 0.360. The SMILES string of the molecule is COc1cc(Nc2ncc(F)c(Nc3ccccc3NS(C)(=O)=O)n2)cc(OC)c1OCCN1CCCC1. The molecule has 38 heavy (non-hydrogen) atoms. The van der Waals surface area contributed by atoms with Gasteiger partial charge >= 0.3 is 0 Å². The van der Waals surface area contributed by atoms with E-state index in [0.717, 1.165) is 32.1 Å². The lowest BCUT2D eigenvalue weighted by molar-refractivity contribution is 0.222. The zero-order chi connectivity index (χ0) is 27.1. The van der Waals surface area contributed by atoms with Crippen LogP contribution in [0.25, 0.3) is 0 Å². The number of rotatable bonds is 12. The third-order valence-electron chi connectivity index (χ3n) is 5.79. The zero-order valence-electron chi connectivity index (χ0n) is 21.5. The van der Waals surface area contributed by atoms with Gasteiger partial charge in [-0.3, -0.25) is 9.62 Å². The second-order valence-electron chi connectivity index (χ2n) is 8.67. The summed E-state index contributed by atoms with van der Waals surface area (Å²) >= 11 is 0. The Labute approximate surface area is 221 Å². The van der Waals surface area contributed by atoms with E-state index in [4.69, 9.17) is 14.2 Å². The molecule has 1 fully saturated rings. The van der Waals surface area contributed by atoms with E-state index in [0.29, 0.717) is 35.2 Å². The molecule has 1 saturated heterocycles. The molecule has 0 amide bonds. The molecule has 2 aromatic carbocycles. The Balaban J connectivity index is 1.52. The first kappa shape index (κ1) is 27.2. The van der Waals surface area contributed by atoms with Crippen molar-refractivity contribution in [3.63, 3.8) is 0 Å². The Hall–Kier alpha value is -3.84. The Morgan fingerprint density at radius 2 is 1.68 bits per heavy atom. The van der Waals surface area contributed by atoms with Crippen LogP contribution in [0.1, 0.15) is 12.8 Å². The molecule has 0 bridgehead atoms. The van der Waals surface area contributed by atoms with Crippen molar-refractivity contribution in [2.75, 3.05) is 62.1 Å². The average Bonchev–Trinajstić information content (AvgIpc) is 3.40. The molecule has 1 aliphatic rings. The van der Waals surface area contributed by atoms with Crippen molar-refractivity contribution in [3.05, 3.63) is 48.4 Å². The molecule has 1 aromatic heterocycles. The summed E-state index contributed by atoms with van der Waals surface area (Å²) in [6.45, 7) is 3.46. The van der Waals surface area contributed by atoms with Gasteiger partial charge in [0, 0.05) is 24.4 Å². The highest BCUT2D eigenvalue weighted by atomic mass is 32.2. The molecule has 0 saturated carbocycles. The van der Waals surface area contributed by atoms with Crippen LogP contribution >= 0.6 is 0 Å². The monoisotopic (exact) mass is 546 g/mol. The van der Waals surface area contributed by atoms with Crippen molar-refractivity contribution in [1.29, 1.82) is 0 Å². The van der Waals surface area contributed by atoms with E-state index in [1.54, 1.807) is 36.4 Å². The van der Waals surface area contributed by atoms with Gasteiger partial charge in [0.15, 0.2) is 23.1 Å². The molecule has 0 atom stereocenters. The summed E-state index contributed by atoms with van der Waals surface area (Å²) in [7, 11) is -0.479. The van der Waals surface area contributed by atoms with Crippen LogP contribution in [0.15, 0.2) is 42.6 Å². The average molecular weight is 547 g/mol. The summed E-state index contributed by atoms with van der Waals surface area (Å²) in [6, 6.07) is 9.90. The highest BCUT2D eigenvalue weighted by Gasteiger charge is 2.18. The predicted octanol–water partition coefficient (Wildman–Crippen LogP) is 3.97. The zero-order valence-corrected chi connectivity index (χ0v) is 22.3. The van der Waals surface area contributed by atoms with Gasteiger partial charge < -0.3 is 24.8 Å². The predicted molar refractivity (Wildman–Crippen MR) is 144 cm³/mol. The molecule has 204 valence electrons. The molecule has 0 aliphatic carbocycles. The van der Waals surface area contributed by atoms with Gasteiger partial charge in [-0.15, -0.1) is 0 Å². The van der Waals surface area contributed by atoms with Crippen molar-refractivity contribution < 1.29 is 27.0 Å². The maximum absolute atomic E-state index is 14.6. The third-order valence-corrected chi connectivity index (χ3v) is 6.38. The first-order valence-corrected chi connectivity index (χ1v) is 13.9. The number of nitrogens with zero attached hydrogens (tertiary/aromatic N) is 3. The van der Waals surface area contributed by atoms with Gasteiger partial charge in [-0.25, -0.2) is 17.8 Å². The van der Waals surface area contributed by atoms with E-state index in [1.165, 1.54) is 27.1 Å². The summed E-state index contributed by atoms with van der Waals surface area (Å²) in [4.78, 5) is 10.6. The van der Waals surface area contributed by atoms with Crippen molar-refractivity contribution in [2.45, 2.75) is 12.8 Å². The van der Waals surface area contributed by atoms with Crippen LogP contribution in [0.4, 0.5) is 33.2 Å². The Bertz CT molecular complexity index is 1340. The molecule has 0 radical (unpaired) electrons. The topological polar surface area (TPSA) is 127 Å². The number of anilines is 5. The fourth-order valence-electron chi connectivity index (χ4n) is 4.03. The number of ether oxygens (including phenoxy) is 3. The molecule has 4 rings (SSSR count). The number of benzene rings is 2. The van der Waals surface area contributed by atoms with Gasteiger partial charge in [0.05, 0.1) is 38.0 Å². The number of hydrogen-bond acceptors (Lipinski definition) is 10. The number of likely N-dealkylation sites (tertiary alicyclic amines) is 1. The molecule has 0 spiro atoms. The molecule has 3 aromatic rings. The van der Waals surface area contributed by atoms with Crippen molar-refractivity contribution >= 4 is 38.9 Å². The van der Waals surface area contributed by atoms with E-state index >= 15 is 0 Å². The Morgan fingerprint density at radius 3 is 2.32 bits per heavy atom. The Morgan fingerprint density at radius 1 is 1.03 bits per heavy atom. The normalized spacial score (nSPS) is 13.7. The molecule has 2 heterocycles. The van der Waals surface area contributed by atoms with Crippen LogP contribution in [0.3, 0.4) is 0 Å². The minimum Gasteiger partial charge on any atom is -0.493 e. The lowest BCUT2D eigenvalue weighted by Crippen LogP contribution is -2.25. The summed E-state index contributed by atoms with van der Waals surface area (Å²) in [5, 5.41) is 5.85. The van der Waals surface area contributed by atoms with Crippen molar-refractivity contribution in [2.24, 2.45) is 0 Å². The van der Waals surface area contributed by atoms with Crippen LogP contribution < -0.4 is 29.6 Å². The second-order valence-corrected chi connectivity index (χ2v) is 10.4. The van der Waals surface area contributed by atoms with Crippen LogP contribution in [0.5, 0.6) is 17.2 Å². The van der Waals surface area contributed by atoms with E-state index in [9.17, 15) is 12.8 Å². The highest BCUT2D eigenvalue weighted by molar-refractivity contribution is 7.92. The number of hydrogen-bond donors (Lipinski definition) is 3. The quantitative estimate of drug-likeness (QED) is 0.307. The third kappa shape index (κ3) is 7.13. The maximum Gasteiger partial charge on any atom is 0.229 e.